The SMILES string of the molecule is [2H]c1cc([2H])c([2H])c(-c2c3c([2H])c([2H])c([2H])c([2H])c3c(-c3cccc4c3oc3c4ccc4c(-c5ccccc5)coc43)c3c([2H])c([2H])c([2H])c([2H])c23)c1[2H]. The summed E-state index contributed by atoms with van der Waals surface area (Å²) in [5.41, 5.74) is 2.58. The van der Waals surface area contributed by atoms with Crippen LogP contribution in [0.4, 0.5) is 0 Å². The molecule has 9 rings (SSSR count). The minimum Gasteiger partial charge on any atom is -0.460 e. The fourth-order valence-corrected chi connectivity index (χ4v) is 5.94. The molecule has 7 aromatic carbocycles. The van der Waals surface area contributed by atoms with Gasteiger partial charge >= 0.3 is 0 Å². The van der Waals surface area contributed by atoms with E-state index < -0.39 is 72.5 Å². The maximum atomic E-state index is 9.27. The fourth-order valence-electron chi connectivity index (χ4n) is 5.94. The molecule has 0 saturated heterocycles. The van der Waals surface area contributed by atoms with Gasteiger partial charge in [0.2, 0.25) is 0 Å². The van der Waals surface area contributed by atoms with Crippen molar-refractivity contribution in [3.05, 3.63) is 146 Å². The van der Waals surface area contributed by atoms with Gasteiger partial charge in [0, 0.05) is 32.8 Å². The zero-order valence-electron chi connectivity index (χ0n) is 33.7. The van der Waals surface area contributed by atoms with E-state index in [1.165, 1.54) is 0 Å². The van der Waals surface area contributed by atoms with E-state index in [1.807, 2.05) is 48.5 Å². The first-order valence-corrected chi connectivity index (χ1v) is 13.3. The lowest BCUT2D eigenvalue weighted by atomic mass is 9.85. The quantitative estimate of drug-likeness (QED) is 0.205. The molecule has 0 fully saturated rings. The highest BCUT2D eigenvalue weighted by Crippen LogP contribution is 2.47. The normalized spacial score (nSPS) is 15.8. The van der Waals surface area contributed by atoms with Gasteiger partial charge in [-0.2, -0.15) is 0 Å². The van der Waals surface area contributed by atoms with Crippen molar-refractivity contribution in [3.63, 3.8) is 0 Å². The molecule has 2 heteroatoms. The Morgan fingerprint density at radius 1 is 0.405 bits per heavy atom. The van der Waals surface area contributed by atoms with Crippen LogP contribution in [0.25, 0.3) is 87.8 Å². The highest BCUT2D eigenvalue weighted by molar-refractivity contribution is 6.25. The third-order valence-electron chi connectivity index (χ3n) is 7.72. The highest BCUT2D eigenvalue weighted by Gasteiger charge is 2.22. The van der Waals surface area contributed by atoms with Crippen LogP contribution in [0.3, 0.4) is 0 Å². The second-order valence-electron chi connectivity index (χ2n) is 9.93. The lowest BCUT2D eigenvalue weighted by Crippen LogP contribution is -1.90. The van der Waals surface area contributed by atoms with Crippen LogP contribution in [-0.2, 0) is 0 Å². The molecule has 0 aliphatic heterocycles. The first-order valence-electron chi connectivity index (χ1n) is 19.3. The summed E-state index contributed by atoms with van der Waals surface area (Å²) in [6.07, 6.45) is 1.65. The van der Waals surface area contributed by atoms with E-state index in [-0.39, 0.29) is 49.4 Å². The van der Waals surface area contributed by atoms with Crippen LogP contribution in [0, 0.1) is 0 Å². The van der Waals surface area contributed by atoms with E-state index in [0.29, 0.717) is 21.9 Å². The maximum absolute atomic E-state index is 9.27. The van der Waals surface area contributed by atoms with Crippen molar-refractivity contribution in [2.24, 2.45) is 0 Å². The van der Waals surface area contributed by atoms with Gasteiger partial charge in [0.15, 0.2) is 11.2 Å². The number of furan rings is 2. The summed E-state index contributed by atoms with van der Waals surface area (Å²) < 4.78 is 119. The van der Waals surface area contributed by atoms with E-state index in [2.05, 4.69) is 0 Å². The number of hydrogen-bond acceptors (Lipinski definition) is 2. The standard InChI is InChI=1S/C40H24O2/c1-3-12-25(13-4-1)35-24-41-39-33(35)23-22-32-31-20-11-21-34(38(31)42-40(32)39)37-29-18-9-7-16-27(29)36(26-14-5-2-6-15-26)28-17-8-10-19-30(28)37/h1-24H/i5D,6D,7D,8D,9D,10D,14D,15D,16D,17D,18D,19D. The number of rotatable bonds is 3. The van der Waals surface area contributed by atoms with Gasteiger partial charge in [0.05, 0.1) is 22.7 Å². The zero-order valence-corrected chi connectivity index (χ0v) is 21.7. The Bertz CT molecular complexity index is 3020. The first-order chi connectivity index (χ1) is 25.8. The van der Waals surface area contributed by atoms with E-state index >= 15 is 0 Å². The molecular formula is C40H24O2. The largest absolute Gasteiger partial charge is 0.460 e. The van der Waals surface area contributed by atoms with Crippen LogP contribution in [0.1, 0.15) is 16.4 Å². The lowest BCUT2D eigenvalue weighted by molar-refractivity contribution is 0.601. The molecule has 0 unspecified atom stereocenters. The molecule has 2 nitrogen and oxygen atoms in total. The molecule has 42 heavy (non-hydrogen) atoms. The number of fused-ring (bicyclic) bond motifs is 7. The van der Waals surface area contributed by atoms with Gasteiger partial charge in [-0.25, -0.2) is 0 Å². The molecule has 0 N–H and O–H groups in total. The van der Waals surface area contributed by atoms with Crippen LogP contribution < -0.4 is 0 Å². The average Bonchev–Trinajstić information content (AvgIpc) is 3.79. The predicted octanol–water partition coefficient (Wildman–Crippen LogP) is 11.6. The second-order valence-corrected chi connectivity index (χ2v) is 9.93. The van der Waals surface area contributed by atoms with Crippen molar-refractivity contribution < 1.29 is 25.3 Å². The molecule has 0 saturated carbocycles. The van der Waals surface area contributed by atoms with Crippen LogP contribution in [0.15, 0.2) is 154 Å². The van der Waals surface area contributed by atoms with Gasteiger partial charge in [0.1, 0.15) is 5.58 Å². The second kappa shape index (κ2) is 8.95. The molecule has 2 heterocycles. The Kier molecular flexibility index (Phi) is 3.06. The van der Waals surface area contributed by atoms with Gasteiger partial charge in [-0.1, -0.05) is 127 Å². The van der Waals surface area contributed by atoms with E-state index in [4.69, 9.17) is 19.8 Å². The zero-order chi connectivity index (χ0) is 38.1. The summed E-state index contributed by atoms with van der Waals surface area (Å²) in [6.45, 7) is 0. The third-order valence-corrected chi connectivity index (χ3v) is 7.72. The summed E-state index contributed by atoms with van der Waals surface area (Å²) in [6, 6.07) is 13.0. The van der Waals surface area contributed by atoms with Gasteiger partial charge in [-0.15, -0.1) is 0 Å². The number of benzene rings is 7. The smallest absolute Gasteiger partial charge is 0.178 e. The van der Waals surface area contributed by atoms with Crippen LogP contribution in [-0.4, -0.2) is 0 Å². The minimum atomic E-state index is -0.651. The monoisotopic (exact) mass is 548 g/mol. The molecule has 0 bridgehead atoms. The molecule has 2 aromatic heterocycles. The summed E-state index contributed by atoms with van der Waals surface area (Å²) in [7, 11) is 0. The van der Waals surface area contributed by atoms with E-state index in [0.717, 1.165) is 22.6 Å². The van der Waals surface area contributed by atoms with Crippen molar-refractivity contribution in [3.8, 4) is 33.4 Å². The van der Waals surface area contributed by atoms with Crippen molar-refractivity contribution in [1.29, 1.82) is 0 Å². The Hall–Kier alpha value is -5.60. The third kappa shape index (κ3) is 3.27. The van der Waals surface area contributed by atoms with E-state index in [1.54, 1.807) is 18.4 Å². The van der Waals surface area contributed by atoms with Gasteiger partial charge in [0.25, 0.3) is 0 Å². The van der Waals surface area contributed by atoms with Crippen LogP contribution in [0.2, 0.25) is 0 Å². The molecule has 0 aliphatic rings. The number of hydrogen-bond donors (Lipinski definition) is 0. The molecule has 0 radical (unpaired) electrons. The lowest BCUT2D eigenvalue weighted by Gasteiger charge is -2.17. The Morgan fingerprint density at radius 2 is 1.05 bits per heavy atom. The molecule has 0 spiro atoms. The van der Waals surface area contributed by atoms with Crippen molar-refractivity contribution in [1.82, 2.24) is 0 Å². The minimum absolute atomic E-state index is 0.0271. The fraction of sp³-hybridized carbons (Fsp3) is 0. The van der Waals surface area contributed by atoms with Gasteiger partial charge in [-0.05, 0) is 50.4 Å². The predicted molar refractivity (Wildman–Crippen MR) is 175 cm³/mol. The number of para-hydroxylation sites is 1. The molecule has 196 valence electrons. The van der Waals surface area contributed by atoms with Crippen LogP contribution in [0.5, 0.6) is 0 Å². The Morgan fingerprint density at radius 3 is 1.76 bits per heavy atom. The van der Waals surface area contributed by atoms with Crippen LogP contribution >= 0.6 is 0 Å². The highest BCUT2D eigenvalue weighted by atomic mass is 16.4. The first kappa shape index (κ1) is 14.3. The topological polar surface area (TPSA) is 26.3 Å². The summed E-state index contributed by atoms with van der Waals surface area (Å²) in [5.74, 6) is 0. The Labute approximate surface area is 258 Å². The maximum Gasteiger partial charge on any atom is 0.178 e. The molecule has 0 atom stereocenters. The Balaban J connectivity index is 1.53. The van der Waals surface area contributed by atoms with Gasteiger partial charge in [-0.3, -0.25) is 0 Å². The molecule has 9 aromatic rings. The summed E-state index contributed by atoms with van der Waals surface area (Å²) in [5, 5.41) is 1.34. The van der Waals surface area contributed by atoms with Crippen molar-refractivity contribution in [2.75, 3.05) is 0 Å². The van der Waals surface area contributed by atoms with Crippen molar-refractivity contribution in [2.45, 2.75) is 0 Å². The molecule has 0 amide bonds. The molecule has 0 aliphatic carbocycles. The summed E-state index contributed by atoms with van der Waals surface area (Å²) in [4.78, 5) is 0. The van der Waals surface area contributed by atoms with Gasteiger partial charge < -0.3 is 8.83 Å². The van der Waals surface area contributed by atoms with E-state index in [9.17, 15) is 5.48 Å². The molecular weight excluding hydrogens is 512 g/mol. The van der Waals surface area contributed by atoms with Crippen molar-refractivity contribution >= 4 is 54.5 Å². The average molecular weight is 549 g/mol. The summed E-state index contributed by atoms with van der Waals surface area (Å²) >= 11 is 0.